The average molecular weight is 353 g/mol. The number of carbonyl (C=O) groups excluding carboxylic acids is 1. The molecule has 1 amide bonds. The third-order valence-corrected chi connectivity index (χ3v) is 3.63. The Morgan fingerprint density at radius 3 is 2.38 bits per heavy atom. The van der Waals surface area contributed by atoms with Gasteiger partial charge in [-0.2, -0.15) is 4.98 Å². The van der Waals surface area contributed by atoms with E-state index in [9.17, 15) is 4.79 Å². The van der Waals surface area contributed by atoms with Crippen molar-refractivity contribution < 1.29 is 18.8 Å². The van der Waals surface area contributed by atoms with Crippen molar-refractivity contribution >= 4 is 11.6 Å². The van der Waals surface area contributed by atoms with Gasteiger partial charge in [0, 0.05) is 17.7 Å². The van der Waals surface area contributed by atoms with Crippen molar-refractivity contribution in [1.82, 2.24) is 10.1 Å². The van der Waals surface area contributed by atoms with Crippen molar-refractivity contribution in [3.05, 3.63) is 54.4 Å². The number of rotatable bonds is 7. The molecule has 134 valence electrons. The summed E-state index contributed by atoms with van der Waals surface area (Å²) in [5.41, 5.74) is 1.48. The van der Waals surface area contributed by atoms with Gasteiger partial charge in [0.25, 0.3) is 11.8 Å². The van der Waals surface area contributed by atoms with Crippen LogP contribution in [0.5, 0.6) is 11.5 Å². The van der Waals surface area contributed by atoms with Crippen LogP contribution in [0.1, 0.15) is 12.7 Å². The number of aryl methyl sites for hydroxylation is 1. The first kappa shape index (κ1) is 17.5. The average Bonchev–Trinajstić information content (AvgIpc) is 3.17. The second-order valence-electron chi connectivity index (χ2n) is 5.46. The summed E-state index contributed by atoms with van der Waals surface area (Å²) in [5, 5.41) is 6.62. The van der Waals surface area contributed by atoms with Crippen LogP contribution < -0.4 is 14.8 Å². The molecule has 1 heterocycles. The van der Waals surface area contributed by atoms with Gasteiger partial charge in [0.15, 0.2) is 12.4 Å². The highest BCUT2D eigenvalue weighted by molar-refractivity contribution is 5.91. The fourth-order valence-corrected chi connectivity index (χ4v) is 2.23. The maximum absolute atomic E-state index is 12.0. The van der Waals surface area contributed by atoms with Crippen molar-refractivity contribution in [2.24, 2.45) is 0 Å². The first-order valence-electron chi connectivity index (χ1n) is 8.17. The van der Waals surface area contributed by atoms with E-state index in [-0.39, 0.29) is 12.5 Å². The number of anilines is 1. The zero-order valence-corrected chi connectivity index (χ0v) is 14.6. The fourth-order valence-electron chi connectivity index (χ4n) is 2.23. The summed E-state index contributed by atoms with van der Waals surface area (Å²) in [6, 6.07) is 14.2. The monoisotopic (exact) mass is 353 g/mol. The predicted molar refractivity (Wildman–Crippen MR) is 96.2 cm³/mol. The van der Waals surface area contributed by atoms with Crippen LogP contribution in [0.25, 0.3) is 11.5 Å². The number of nitrogens with zero attached hydrogens (tertiary/aromatic N) is 2. The highest BCUT2D eigenvalue weighted by atomic mass is 16.5. The molecule has 0 aliphatic carbocycles. The Morgan fingerprint density at radius 2 is 1.77 bits per heavy atom. The molecule has 7 nitrogen and oxygen atoms in total. The largest absolute Gasteiger partial charge is 0.497 e. The zero-order chi connectivity index (χ0) is 18.4. The molecule has 26 heavy (non-hydrogen) atoms. The lowest BCUT2D eigenvalue weighted by molar-refractivity contribution is -0.118. The van der Waals surface area contributed by atoms with Crippen LogP contribution in [0.4, 0.5) is 5.69 Å². The molecule has 0 bridgehead atoms. The zero-order valence-electron chi connectivity index (χ0n) is 14.6. The molecule has 0 aliphatic rings. The summed E-state index contributed by atoms with van der Waals surface area (Å²) in [7, 11) is 1.59. The van der Waals surface area contributed by atoms with E-state index >= 15 is 0 Å². The first-order valence-corrected chi connectivity index (χ1v) is 8.17. The molecule has 0 fully saturated rings. The minimum atomic E-state index is -0.247. The molecule has 3 aromatic rings. The molecule has 3 rings (SSSR count). The van der Waals surface area contributed by atoms with Gasteiger partial charge in [0.2, 0.25) is 0 Å². The number of hydrogen-bond donors (Lipinski definition) is 1. The number of ether oxygens (including phenoxy) is 2. The third-order valence-electron chi connectivity index (χ3n) is 3.63. The van der Waals surface area contributed by atoms with E-state index in [0.717, 1.165) is 11.3 Å². The highest BCUT2D eigenvalue weighted by Crippen LogP contribution is 2.21. The quantitative estimate of drug-likeness (QED) is 0.701. The molecule has 0 saturated carbocycles. The van der Waals surface area contributed by atoms with Crippen molar-refractivity contribution in [1.29, 1.82) is 0 Å². The molecule has 7 heteroatoms. The Labute approximate surface area is 150 Å². The van der Waals surface area contributed by atoms with Crippen LogP contribution in [0.3, 0.4) is 0 Å². The minimum absolute atomic E-state index is 0.0914. The van der Waals surface area contributed by atoms with Crippen molar-refractivity contribution in [2.45, 2.75) is 13.3 Å². The van der Waals surface area contributed by atoms with E-state index in [4.69, 9.17) is 14.0 Å². The van der Waals surface area contributed by atoms with E-state index in [1.807, 2.05) is 19.1 Å². The Hall–Kier alpha value is -3.35. The van der Waals surface area contributed by atoms with E-state index in [2.05, 4.69) is 15.5 Å². The predicted octanol–water partition coefficient (Wildman–Crippen LogP) is 3.33. The number of nitrogens with one attached hydrogen (secondary N) is 1. The van der Waals surface area contributed by atoms with Crippen LogP contribution in [0, 0.1) is 0 Å². The van der Waals surface area contributed by atoms with E-state index < -0.39 is 0 Å². The van der Waals surface area contributed by atoms with Crippen LogP contribution in [0.15, 0.2) is 53.1 Å². The maximum atomic E-state index is 12.0. The van der Waals surface area contributed by atoms with Crippen molar-refractivity contribution in [3.8, 4) is 23.0 Å². The van der Waals surface area contributed by atoms with E-state index in [0.29, 0.717) is 29.6 Å². The number of carbonyl (C=O) groups is 1. The van der Waals surface area contributed by atoms with Gasteiger partial charge in [-0.3, -0.25) is 4.79 Å². The molecule has 1 aromatic heterocycles. The molecule has 0 atom stereocenters. The molecule has 0 saturated heterocycles. The normalized spacial score (nSPS) is 10.4. The Kier molecular flexibility index (Phi) is 5.48. The van der Waals surface area contributed by atoms with Gasteiger partial charge < -0.3 is 19.3 Å². The molecular weight excluding hydrogens is 334 g/mol. The fraction of sp³-hybridized carbons (Fsp3) is 0.211. The van der Waals surface area contributed by atoms with Crippen molar-refractivity contribution in [2.75, 3.05) is 19.0 Å². The van der Waals surface area contributed by atoms with Crippen molar-refractivity contribution in [3.63, 3.8) is 0 Å². The van der Waals surface area contributed by atoms with Gasteiger partial charge in [0.05, 0.1) is 7.11 Å². The Bertz CT molecular complexity index is 857. The topological polar surface area (TPSA) is 86.5 Å². The lowest BCUT2D eigenvalue weighted by Gasteiger charge is -2.08. The van der Waals surface area contributed by atoms with Crippen LogP contribution >= 0.6 is 0 Å². The molecule has 0 radical (unpaired) electrons. The van der Waals surface area contributed by atoms with Gasteiger partial charge in [-0.25, -0.2) is 0 Å². The summed E-state index contributed by atoms with van der Waals surface area (Å²) in [5.74, 6) is 2.19. The summed E-state index contributed by atoms with van der Waals surface area (Å²) < 4.78 is 15.8. The molecular formula is C19H19N3O4. The van der Waals surface area contributed by atoms with E-state index in [1.165, 1.54) is 0 Å². The van der Waals surface area contributed by atoms with Gasteiger partial charge in [-0.1, -0.05) is 12.1 Å². The summed E-state index contributed by atoms with van der Waals surface area (Å²) in [4.78, 5) is 16.2. The van der Waals surface area contributed by atoms with Gasteiger partial charge in [-0.05, 0) is 48.5 Å². The molecule has 0 spiro atoms. The second kappa shape index (κ2) is 8.15. The Balaban J connectivity index is 1.53. The molecule has 2 aromatic carbocycles. The highest BCUT2D eigenvalue weighted by Gasteiger charge is 2.08. The van der Waals surface area contributed by atoms with Crippen LogP contribution in [-0.4, -0.2) is 29.8 Å². The molecule has 0 unspecified atom stereocenters. The van der Waals surface area contributed by atoms with Crippen LogP contribution in [-0.2, 0) is 11.2 Å². The number of aromatic nitrogens is 2. The molecule has 0 aliphatic heterocycles. The number of benzene rings is 2. The summed E-state index contributed by atoms with van der Waals surface area (Å²) in [6.07, 6.45) is 0.716. The number of methoxy groups -OCH3 is 1. The maximum Gasteiger partial charge on any atom is 0.262 e. The smallest absolute Gasteiger partial charge is 0.262 e. The van der Waals surface area contributed by atoms with Crippen LogP contribution in [0.2, 0.25) is 0 Å². The first-order chi connectivity index (χ1) is 12.7. The lowest BCUT2D eigenvalue weighted by Crippen LogP contribution is -2.20. The summed E-state index contributed by atoms with van der Waals surface area (Å²) in [6.45, 7) is 1.87. The lowest BCUT2D eigenvalue weighted by atomic mass is 10.2. The minimum Gasteiger partial charge on any atom is -0.497 e. The van der Waals surface area contributed by atoms with Gasteiger partial charge >= 0.3 is 0 Å². The third kappa shape index (κ3) is 4.38. The summed E-state index contributed by atoms with van der Waals surface area (Å²) >= 11 is 0. The molecule has 1 N–H and O–H groups in total. The van der Waals surface area contributed by atoms with E-state index in [1.54, 1.807) is 43.5 Å². The SMILES string of the molecule is CCc1noc(-c2ccc(OCC(=O)Nc3ccc(OC)cc3)cc2)n1. The Morgan fingerprint density at radius 1 is 1.08 bits per heavy atom. The van der Waals surface area contributed by atoms with Gasteiger partial charge in [0.1, 0.15) is 11.5 Å². The number of hydrogen-bond acceptors (Lipinski definition) is 6. The standard InChI is InChI=1S/C19H19N3O4/c1-3-17-21-19(26-22-17)13-4-8-16(9-5-13)25-12-18(23)20-14-6-10-15(24-2)11-7-14/h4-11H,3,12H2,1-2H3,(H,20,23). The second-order valence-corrected chi connectivity index (χ2v) is 5.46. The number of amides is 1. The van der Waals surface area contributed by atoms with Gasteiger partial charge in [-0.15, -0.1) is 0 Å².